The molecule has 0 aliphatic carbocycles. The van der Waals surface area contributed by atoms with E-state index in [9.17, 15) is 4.79 Å². The smallest absolute Gasteiger partial charge is 0.289 e. The summed E-state index contributed by atoms with van der Waals surface area (Å²) in [4.78, 5) is 14.6. The van der Waals surface area contributed by atoms with Gasteiger partial charge in [-0.05, 0) is 55.8 Å². The fourth-order valence-electron chi connectivity index (χ4n) is 3.17. The minimum Gasteiger partial charge on any atom is -0.493 e. The molecule has 0 bridgehead atoms. The molecule has 0 atom stereocenters. The minimum atomic E-state index is -0.379. The minimum absolute atomic E-state index is 0.304. The number of anilines is 1. The van der Waals surface area contributed by atoms with Crippen molar-refractivity contribution in [2.45, 2.75) is 13.8 Å². The molecule has 0 unspecified atom stereocenters. The van der Waals surface area contributed by atoms with Crippen molar-refractivity contribution < 1.29 is 14.3 Å². The van der Waals surface area contributed by atoms with Crippen molar-refractivity contribution in [3.8, 4) is 22.8 Å². The van der Waals surface area contributed by atoms with E-state index in [0.717, 1.165) is 29.9 Å². The number of rotatable bonds is 9. The van der Waals surface area contributed by atoms with Gasteiger partial charge in [-0.1, -0.05) is 12.1 Å². The van der Waals surface area contributed by atoms with Crippen LogP contribution in [0.3, 0.4) is 0 Å². The van der Waals surface area contributed by atoms with Crippen LogP contribution in [0.25, 0.3) is 11.3 Å². The van der Waals surface area contributed by atoms with E-state index in [-0.39, 0.29) is 5.91 Å². The Morgan fingerprint density at radius 3 is 2.42 bits per heavy atom. The van der Waals surface area contributed by atoms with Crippen molar-refractivity contribution in [3.63, 3.8) is 0 Å². The van der Waals surface area contributed by atoms with E-state index in [0.29, 0.717) is 22.9 Å². The van der Waals surface area contributed by atoms with Gasteiger partial charge in [-0.15, -0.1) is 0 Å². The number of methoxy groups -OCH3 is 2. The Morgan fingerprint density at radius 1 is 1.06 bits per heavy atom. The predicted octanol–water partition coefficient (Wildman–Crippen LogP) is 3.70. The van der Waals surface area contributed by atoms with Crippen molar-refractivity contribution in [1.82, 2.24) is 15.6 Å². The first-order valence-electron chi connectivity index (χ1n) is 10.1. The van der Waals surface area contributed by atoms with E-state index in [2.05, 4.69) is 39.5 Å². The molecule has 0 radical (unpaired) electrons. The molecule has 1 heterocycles. The van der Waals surface area contributed by atoms with Gasteiger partial charge in [-0.25, -0.2) is 5.43 Å². The highest BCUT2D eigenvalue weighted by Crippen LogP contribution is 2.31. The third-order valence-corrected chi connectivity index (χ3v) is 4.90. The molecule has 0 aliphatic rings. The summed E-state index contributed by atoms with van der Waals surface area (Å²) in [5.74, 6) is 0.833. The standard InChI is InChI=1S/C23H27N5O3/c1-5-28(6-2)18-10-7-16(8-11-18)15-24-27-23(29)20-14-19(25-26-20)17-9-12-21(30-3)22(13-17)31-4/h7-15H,5-6H2,1-4H3,(H,25,26)(H,27,29)/b24-15-. The zero-order valence-corrected chi connectivity index (χ0v) is 18.2. The van der Waals surface area contributed by atoms with Crippen LogP contribution in [-0.2, 0) is 0 Å². The highest BCUT2D eigenvalue weighted by Gasteiger charge is 2.12. The van der Waals surface area contributed by atoms with Crippen molar-refractivity contribution in [2.75, 3.05) is 32.2 Å². The summed E-state index contributed by atoms with van der Waals surface area (Å²) in [6.45, 7) is 6.16. The van der Waals surface area contributed by atoms with Gasteiger partial charge < -0.3 is 14.4 Å². The van der Waals surface area contributed by atoms with Crippen LogP contribution in [0, 0.1) is 0 Å². The molecule has 162 valence electrons. The lowest BCUT2D eigenvalue weighted by molar-refractivity contribution is 0.0950. The number of hydrazone groups is 1. The van der Waals surface area contributed by atoms with Crippen LogP contribution < -0.4 is 19.8 Å². The highest BCUT2D eigenvalue weighted by molar-refractivity contribution is 5.94. The molecule has 0 fully saturated rings. The number of H-pyrrole nitrogens is 1. The number of nitrogens with one attached hydrogen (secondary N) is 2. The lowest BCUT2D eigenvalue weighted by atomic mass is 10.1. The fourth-order valence-corrected chi connectivity index (χ4v) is 3.17. The van der Waals surface area contributed by atoms with Crippen molar-refractivity contribution in [3.05, 3.63) is 59.8 Å². The summed E-state index contributed by atoms with van der Waals surface area (Å²) >= 11 is 0. The molecule has 2 aromatic carbocycles. The van der Waals surface area contributed by atoms with E-state index in [1.807, 2.05) is 30.3 Å². The molecule has 3 rings (SSSR count). The molecular formula is C23H27N5O3. The molecule has 0 spiro atoms. The maximum absolute atomic E-state index is 12.4. The first-order valence-corrected chi connectivity index (χ1v) is 10.1. The highest BCUT2D eigenvalue weighted by atomic mass is 16.5. The topological polar surface area (TPSA) is 91.8 Å². The Kier molecular flexibility index (Phi) is 7.26. The van der Waals surface area contributed by atoms with Gasteiger partial charge in [0.25, 0.3) is 5.91 Å². The number of hydrogen-bond donors (Lipinski definition) is 2. The predicted molar refractivity (Wildman–Crippen MR) is 122 cm³/mol. The number of ether oxygens (including phenoxy) is 2. The molecule has 1 aromatic heterocycles. The van der Waals surface area contributed by atoms with Crippen LogP contribution in [-0.4, -0.2) is 49.6 Å². The maximum Gasteiger partial charge on any atom is 0.289 e. The Morgan fingerprint density at radius 2 is 1.77 bits per heavy atom. The third-order valence-electron chi connectivity index (χ3n) is 4.90. The Hall–Kier alpha value is -3.81. The molecule has 3 aromatic rings. The normalized spacial score (nSPS) is 10.8. The molecule has 8 heteroatoms. The van der Waals surface area contributed by atoms with E-state index in [1.54, 1.807) is 38.6 Å². The first-order chi connectivity index (χ1) is 15.1. The van der Waals surface area contributed by atoms with Gasteiger partial charge in [-0.2, -0.15) is 10.2 Å². The monoisotopic (exact) mass is 421 g/mol. The van der Waals surface area contributed by atoms with Crippen molar-refractivity contribution in [2.24, 2.45) is 5.10 Å². The SMILES string of the molecule is CCN(CC)c1ccc(/C=N\NC(=O)c2cc(-c3ccc(OC)c(OC)c3)n[nH]2)cc1. The zero-order chi connectivity index (χ0) is 22.2. The second-order valence-corrected chi connectivity index (χ2v) is 6.70. The van der Waals surface area contributed by atoms with E-state index in [4.69, 9.17) is 9.47 Å². The number of nitrogens with zero attached hydrogens (tertiary/aromatic N) is 3. The summed E-state index contributed by atoms with van der Waals surface area (Å²) in [5.41, 5.74) is 6.28. The number of carbonyl (C=O) groups excluding carboxylic acids is 1. The van der Waals surface area contributed by atoms with Crippen LogP contribution in [0.1, 0.15) is 29.9 Å². The number of aromatic nitrogens is 2. The van der Waals surface area contributed by atoms with Gasteiger partial charge in [0.15, 0.2) is 11.5 Å². The molecule has 2 N–H and O–H groups in total. The number of aromatic amines is 1. The number of amides is 1. The van der Waals surface area contributed by atoms with Gasteiger partial charge in [0, 0.05) is 24.3 Å². The summed E-state index contributed by atoms with van der Waals surface area (Å²) in [6, 6.07) is 15.1. The van der Waals surface area contributed by atoms with Crippen molar-refractivity contribution in [1.29, 1.82) is 0 Å². The van der Waals surface area contributed by atoms with Gasteiger partial charge in [-0.3, -0.25) is 9.89 Å². The maximum atomic E-state index is 12.4. The largest absolute Gasteiger partial charge is 0.493 e. The van der Waals surface area contributed by atoms with Gasteiger partial charge >= 0.3 is 0 Å². The van der Waals surface area contributed by atoms with E-state index in [1.165, 1.54) is 0 Å². The van der Waals surface area contributed by atoms with Gasteiger partial charge in [0.05, 0.1) is 26.1 Å². The third kappa shape index (κ3) is 5.22. The van der Waals surface area contributed by atoms with Crippen LogP contribution in [0.15, 0.2) is 53.6 Å². The summed E-state index contributed by atoms with van der Waals surface area (Å²) < 4.78 is 10.6. The quantitative estimate of drug-likeness (QED) is 0.406. The lowest BCUT2D eigenvalue weighted by Crippen LogP contribution is -2.21. The molecule has 1 amide bonds. The molecule has 0 aliphatic heterocycles. The lowest BCUT2D eigenvalue weighted by Gasteiger charge is -2.20. The van der Waals surface area contributed by atoms with Crippen LogP contribution in [0.4, 0.5) is 5.69 Å². The Balaban J connectivity index is 1.64. The summed E-state index contributed by atoms with van der Waals surface area (Å²) in [7, 11) is 3.15. The second-order valence-electron chi connectivity index (χ2n) is 6.70. The average molecular weight is 422 g/mol. The van der Waals surface area contributed by atoms with E-state index < -0.39 is 0 Å². The zero-order valence-electron chi connectivity index (χ0n) is 18.2. The number of hydrogen-bond acceptors (Lipinski definition) is 6. The second kappa shape index (κ2) is 10.3. The number of carbonyl (C=O) groups is 1. The average Bonchev–Trinajstić information content (AvgIpc) is 3.31. The molecule has 0 saturated heterocycles. The molecule has 8 nitrogen and oxygen atoms in total. The van der Waals surface area contributed by atoms with Gasteiger partial charge in [0.2, 0.25) is 0 Å². The summed E-state index contributed by atoms with van der Waals surface area (Å²) in [6.07, 6.45) is 1.61. The summed E-state index contributed by atoms with van der Waals surface area (Å²) in [5, 5.41) is 11.0. The molecular weight excluding hydrogens is 394 g/mol. The van der Waals surface area contributed by atoms with Crippen LogP contribution in [0.5, 0.6) is 11.5 Å². The fraction of sp³-hybridized carbons (Fsp3) is 0.261. The Labute approximate surface area is 181 Å². The first kappa shape index (κ1) is 21.9. The van der Waals surface area contributed by atoms with E-state index >= 15 is 0 Å². The molecule has 31 heavy (non-hydrogen) atoms. The van der Waals surface area contributed by atoms with Crippen LogP contribution >= 0.6 is 0 Å². The van der Waals surface area contributed by atoms with Gasteiger partial charge in [0.1, 0.15) is 5.69 Å². The molecule has 0 saturated carbocycles. The Bertz CT molecular complexity index is 1040. The van der Waals surface area contributed by atoms with Crippen molar-refractivity contribution >= 4 is 17.8 Å². The van der Waals surface area contributed by atoms with Crippen LogP contribution in [0.2, 0.25) is 0 Å². The number of benzene rings is 2.